The summed E-state index contributed by atoms with van der Waals surface area (Å²) in [6, 6.07) is 37.8. The van der Waals surface area contributed by atoms with Crippen LogP contribution >= 0.6 is 0 Å². The Bertz CT molecular complexity index is 1600. The molecule has 6 heteroatoms. The highest BCUT2D eigenvalue weighted by Crippen LogP contribution is 2.37. The van der Waals surface area contributed by atoms with Gasteiger partial charge >= 0.3 is 0 Å². The molecule has 0 fully saturated rings. The average molecular weight is 469 g/mol. The van der Waals surface area contributed by atoms with Crippen molar-refractivity contribution in [3.05, 3.63) is 126 Å². The third-order valence-electron chi connectivity index (χ3n) is 6.35. The molecular weight excluding hydrogens is 444 g/mol. The molecular formula is C30H24N6. The molecule has 0 aliphatic heterocycles. The fourth-order valence-corrected chi connectivity index (χ4v) is 4.68. The van der Waals surface area contributed by atoms with Crippen LogP contribution in [0.5, 0.6) is 0 Å². The van der Waals surface area contributed by atoms with Crippen LogP contribution < -0.4 is 0 Å². The molecule has 2 heterocycles. The van der Waals surface area contributed by atoms with E-state index in [-0.39, 0.29) is 0 Å². The fourth-order valence-electron chi connectivity index (χ4n) is 4.68. The zero-order valence-electron chi connectivity index (χ0n) is 19.8. The highest BCUT2D eigenvalue weighted by molar-refractivity contribution is 5.84. The number of H-pyrrole nitrogens is 1. The van der Waals surface area contributed by atoms with Crippen molar-refractivity contribution in [2.24, 2.45) is 0 Å². The van der Waals surface area contributed by atoms with Gasteiger partial charge in [-0.15, -0.1) is 10.2 Å². The lowest BCUT2D eigenvalue weighted by Gasteiger charge is -2.13. The van der Waals surface area contributed by atoms with E-state index < -0.39 is 0 Å². The predicted octanol–water partition coefficient (Wildman–Crippen LogP) is 6.29. The van der Waals surface area contributed by atoms with E-state index in [0.717, 1.165) is 50.5 Å². The summed E-state index contributed by atoms with van der Waals surface area (Å²) < 4.78 is 2.08. The maximum Gasteiger partial charge on any atom is 0.178 e. The molecule has 0 atom stereocenters. The van der Waals surface area contributed by atoms with Gasteiger partial charge in [-0.2, -0.15) is 10.3 Å². The van der Waals surface area contributed by atoms with Crippen molar-refractivity contribution in [2.45, 2.75) is 13.3 Å². The second-order valence-electron chi connectivity index (χ2n) is 8.68. The lowest BCUT2D eigenvalue weighted by atomic mass is 9.98. The number of rotatable bonds is 6. The number of hydrogen-bond donors (Lipinski definition) is 1. The number of benzene rings is 4. The first-order chi connectivity index (χ1) is 17.8. The molecule has 6 rings (SSSR count). The largest absolute Gasteiger partial charge is 0.236 e. The quantitative estimate of drug-likeness (QED) is 0.312. The number of hydrogen-bond acceptors (Lipinski definition) is 4. The van der Waals surface area contributed by atoms with E-state index >= 15 is 0 Å². The SMILES string of the molecule is Cc1c(-c2ccccc2)c(-c2ccccc2)nn1-c1ccccc1-c1cccc(Cc2nn[nH]n2)c1. The van der Waals surface area contributed by atoms with Crippen LogP contribution in [-0.2, 0) is 6.42 Å². The zero-order valence-corrected chi connectivity index (χ0v) is 19.8. The maximum atomic E-state index is 5.18. The summed E-state index contributed by atoms with van der Waals surface area (Å²) in [5.74, 6) is 0.670. The van der Waals surface area contributed by atoms with Crippen molar-refractivity contribution < 1.29 is 0 Å². The Balaban J connectivity index is 1.50. The zero-order chi connectivity index (χ0) is 24.3. The summed E-state index contributed by atoms with van der Waals surface area (Å²) >= 11 is 0. The third-order valence-corrected chi connectivity index (χ3v) is 6.35. The molecule has 0 saturated carbocycles. The van der Waals surface area contributed by atoms with Gasteiger partial charge in [-0.3, -0.25) is 0 Å². The average Bonchev–Trinajstić information content (AvgIpc) is 3.57. The molecule has 0 radical (unpaired) electrons. The van der Waals surface area contributed by atoms with Crippen LogP contribution in [-0.4, -0.2) is 30.4 Å². The van der Waals surface area contributed by atoms with Crippen molar-refractivity contribution in [1.82, 2.24) is 30.4 Å². The highest BCUT2D eigenvalue weighted by Gasteiger charge is 2.20. The number of tetrazole rings is 1. The van der Waals surface area contributed by atoms with Crippen LogP contribution in [0.25, 0.3) is 39.2 Å². The van der Waals surface area contributed by atoms with Crippen molar-refractivity contribution in [2.75, 3.05) is 0 Å². The molecule has 6 nitrogen and oxygen atoms in total. The highest BCUT2D eigenvalue weighted by atomic mass is 15.5. The Kier molecular flexibility index (Phi) is 5.68. The van der Waals surface area contributed by atoms with E-state index in [1.165, 1.54) is 0 Å². The smallest absolute Gasteiger partial charge is 0.178 e. The van der Waals surface area contributed by atoms with Crippen LogP contribution in [0.4, 0.5) is 0 Å². The topological polar surface area (TPSA) is 72.3 Å². The predicted molar refractivity (Wildman–Crippen MR) is 142 cm³/mol. The van der Waals surface area contributed by atoms with Gasteiger partial charge in [0.05, 0.1) is 5.69 Å². The Labute approximate surface area is 209 Å². The molecule has 0 bridgehead atoms. The molecule has 0 unspecified atom stereocenters. The van der Waals surface area contributed by atoms with Crippen LogP contribution in [0.1, 0.15) is 17.1 Å². The number of nitrogens with zero attached hydrogens (tertiary/aromatic N) is 5. The number of para-hydroxylation sites is 1. The Morgan fingerprint density at radius 2 is 1.42 bits per heavy atom. The van der Waals surface area contributed by atoms with Gasteiger partial charge in [-0.1, -0.05) is 108 Å². The second kappa shape index (κ2) is 9.43. The molecule has 0 aliphatic rings. The monoisotopic (exact) mass is 468 g/mol. The normalized spacial score (nSPS) is 11.0. The third kappa shape index (κ3) is 4.09. The van der Waals surface area contributed by atoms with Crippen molar-refractivity contribution in [1.29, 1.82) is 0 Å². The molecule has 36 heavy (non-hydrogen) atoms. The standard InChI is InChI=1S/C30H24N6/c1-21-29(23-12-4-2-5-13-23)30(24-14-6-3-7-15-24)33-36(21)27-18-9-8-17-26(27)25-16-10-11-22(19-25)20-28-31-34-35-32-28/h2-19H,20H2,1H3,(H,31,32,34,35). The molecule has 0 saturated heterocycles. The van der Waals surface area contributed by atoms with Gasteiger partial charge in [0, 0.05) is 28.8 Å². The Hall–Kier alpha value is -4.84. The fraction of sp³-hybridized carbons (Fsp3) is 0.0667. The number of nitrogens with one attached hydrogen (secondary N) is 1. The lowest BCUT2D eigenvalue weighted by molar-refractivity contribution is 0.852. The first kappa shape index (κ1) is 21.7. The van der Waals surface area contributed by atoms with E-state index in [0.29, 0.717) is 12.2 Å². The van der Waals surface area contributed by atoms with Crippen LogP contribution in [0.3, 0.4) is 0 Å². The lowest BCUT2D eigenvalue weighted by Crippen LogP contribution is -2.02. The van der Waals surface area contributed by atoms with E-state index in [9.17, 15) is 0 Å². The van der Waals surface area contributed by atoms with Crippen LogP contribution in [0.15, 0.2) is 109 Å². The van der Waals surface area contributed by atoms with E-state index in [4.69, 9.17) is 5.10 Å². The Morgan fingerprint density at radius 3 is 2.17 bits per heavy atom. The summed E-state index contributed by atoms with van der Waals surface area (Å²) in [6.07, 6.45) is 0.615. The summed E-state index contributed by atoms with van der Waals surface area (Å²) in [4.78, 5) is 0. The minimum Gasteiger partial charge on any atom is -0.236 e. The minimum absolute atomic E-state index is 0.615. The van der Waals surface area contributed by atoms with Gasteiger partial charge in [-0.05, 0) is 29.7 Å². The summed E-state index contributed by atoms with van der Waals surface area (Å²) in [5.41, 5.74) is 9.83. The van der Waals surface area contributed by atoms with Crippen molar-refractivity contribution >= 4 is 0 Å². The van der Waals surface area contributed by atoms with Gasteiger partial charge < -0.3 is 0 Å². The van der Waals surface area contributed by atoms with Crippen molar-refractivity contribution in [3.63, 3.8) is 0 Å². The molecule has 1 N–H and O–H groups in total. The molecule has 0 spiro atoms. The second-order valence-corrected chi connectivity index (χ2v) is 8.68. The minimum atomic E-state index is 0.615. The molecule has 4 aromatic carbocycles. The van der Waals surface area contributed by atoms with Crippen LogP contribution in [0, 0.1) is 6.92 Å². The molecule has 0 aliphatic carbocycles. The van der Waals surface area contributed by atoms with E-state index in [2.05, 4.69) is 129 Å². The molecule has 0 amide bonds. The van der Waals surface area contributed by atoms with Gasteiger partial charge in [0.2, 0.25) is 0 Å². The first-order valence-corrected chi connectivity index (χ1v) is 11.9. The summed E-state index contributed by atoms with van der Waals surface area (Å²) in [6.45, 7) is 2.14. The van der Waals surface area contributed by atoms with Crippen molar-refractivity contribution in [3.8, 4) is 39.2 Å². The first-order valence-electron chi connectivity index (χ1n) is 11.9. The van der Waals surface area contributed by atoms with E-state index in [1.807, 2.05) is 12.1 Å². The Morgan fingerprint density at radius 1 is 0.722 bits per heavy atom. The van der Waals surface area contributed by atoms with Crippen LogP contribution in [0.2, 0.25) is 0 Å². The molecule has 174 valence electrons. The van der Waals surface area contributed by atoms with Gasteiger partial charge in [0.15, 0.2) is 5.82 Å². The van der Waals surface area contributed by atoms with Gasteiger partial charge in [-0.25, -0.2) is 4.68 Å². The van der Waals surface area contributed by atoms with E-state index in [1.54, 1.807) is 0 Å². The van der Waals surface area contributed by atoms with Gasteiger partial charge in [0.1, 0.15) is 5.69 Å². The molecule has 6 aromatic rings. The van der Waals surface area contributed by atoms with Gasteiger partial charge in [0.25, 0.3) is 0 Å². The number of aromatic nitrogens is 6. The number of aromatic amines is 1. The summed E-state index contributed by atoms with van der Waals surface area (Å²) in [7, 11) is 0. The molecule has 2 aromatic heterocycles. The maximum absolute atomic E-state index is 5.18. The summed E-state index contributed by atoms with van der Waals surface area (Å²) in [5, 5.41) is 19.6.